The fourth-order valence-corrected chi connectivity index (χ4v) is 11.6. The maximum atomic E-state index is 11.9. The molecule has 0 bridgehead atoms. The number of rotatable bonds is 8. The maximum Gasteiger partial charge on any atom is 0.335 e. The predicted octanol–water partition coefficient (Wildman–Crippen LogP) is 10.7. The number of aromatic carboxylic acids is 1. The number of thiophene rings is 1. The van der Waals surface area contributed by atoms with Gasteiger partial charge in [-0.1, -0.05) is 59.6 Å². The van der Waals surface area contributed by atoms with Crippen molar-refractivity contribution in [3.8, 4) is 5.00 Å². The molecule has 4 aromatic carbocycles. The van der Waals surface area contributed by atoms with Gasteiger partial charge in [-0.2, -0.15) is 0 Å². The minimum Gasteiger partial charge on any atom is -0.478 e. The minimum absolute atomic E-state index is 0.0925. The number of aliphatic imine (C=N–C) groups is 1. The lowest BCUT2D eigenvalue weighted by Crippen LogP contribution is -2.55. The van der Waals surface area contributed by atoms with E-state index in [1.807, 2.05) is 31.2 Å². The van der Waals surface area contributed by atoms with Gasteiger partial charge < -0.3 is 14.9 Å². The summed E-state index contributed by atoms with van der Waals surface area (Å²) in [7, 11) is 0. The summed E-state index contributed by atoms with van der Waals surface area (Å²) in [4.78, 5) is 26.1. The van der Waals surface area contributed by atoms with Crippen LogP contribution < -0.4 is 9.80 Å². The van der Waals surface area contributed by atoms with Crippen LogP contribution >= 0.6 is 34.5 Å². The number of nitrogens with zero attached hydrogens (tertiary/aromatic N) is 7. The van der Waals surface area contributed by atoms with Crippen molar-refractivity contribution < 1.29 is 9.90 Å². The highest BCUT2D eigenvalue weighted by molar-refractivity contribution is 7.15. The molecule has 4 aliphatic rings. The molecule has 316 valence electrons. The number of piperazine rings is 1. The third-order valence-electron chi connectivity index (χ3n) is 13.3. The molecule has 3 aliphatic heterocycles. The van der Waals surface area contributed by atoms with Gasteiger partial charge in [-0.05, 0) is 134 Å². The van der Waals surface area contributed by atoms with Gasteiger partial charge in [0.2, 0.25) is 0 Å². The van der Waals surface area contributed by atoms with E-state index < -0.39 is 5.97 Å². The quantitative estimate of drug-likeness (QED) is 0.163. The molecular weight excluding hydrogens is 834 g/mol. The van der Waals surface area contributed by atoms with Crippen molar-refractivity contribution >= 4 is 68.7 Å². The number of fused-ring (bicyclic) bond motifs is 4. The van der Waals surface area contributed by atoms with Gasteiger partial charge in [-0.25, -0.2) is 4.79 Å². The Morgan fingerprint density at radius 1 is 0.806 bits per heavy atom. The van der Waals surface area contributed by atoms with Crippen LogP contribution in [-0.4, -0.2) is 82.3 Å². The molecule has 1 aliphatic carbocycles. The Morgan fingerprint density at radius 2 is 1.50 bits per heavy atom. The highest BCUT2D eigenvalue weighted by Crippen LogP contribution is 2.43. The van der Waals surface area contributed by atoms with Crippen molar-refractivity contribution in [2.75, 3.05) is 55.6 Å². The Balaban J connectivity index is 0.785. The van der Waals surface area contributed by atoms with Gasteiger partial charge in [0.25, 0.3) is 0 Å². The van der Waals surface area contributed by atoms with Gasteiger partial charge in [0.1, 0.15) is 16.9 Å². The Bertz CT molecular complexity index is 2780. The van der Waals surface area contributed by atoms with Crippen LogP contribution in [0.4, 0.5) is 11.4 Å². The zero-order chi connectivity index (χ0) is 42.8. The summed E-state index contributed by atoms with van der Waals surface area (Å²) in [5, 5.41) is 21.1. The fourth-order valence-electron chi connectivity index (χ4n) is 9.85. The molecule has 0 saturated carbocycles. The Hall–Kier alpha value is -5.26. The van der Waals surface area contributed by atoms with Gasteiger partial charge in [0.15, 0.2) is 5.82 Å². The lowest BCUT2D eigenvalue weighted by molar-refractivity contribution is 0.0696. The monoisotopic (exact) mass is 881 g/mol. The van der Waals surface area contributed by atoms with E-state index in [0.717, 1.165) is 121 Å². The van der Waals surface area contributed by atoms with Gasteiger partial charge in [0.05, 0.1) is 11.3 Å². The van der Waals surface area contributed by atoms with Gasteiger partial charge in [-0.15, -0.1) is 21.5 Å². The summed E-state index contributed by atoms with van der Waals surface area (Å²) >= 11 is 14.9. The van der Waals surface area contributed by atoms with E-state index in [-0.39, 0.29) is 6.04 Å². The molecule has 0 unspecified atom stereocenters. The molecule has 1 N–H and O–H groups in total. The van der Waals surface area contributed by atoms with E-state index in [4.69, 9.17) is 28.2 Å². The van der Waals surface area contributed by atoms with Crippen LogP contribution in [0.3, 0.4) is 0 Å². The van der Waals surface area contributed by atoms with Crippen LogP contribution in [-0.2, 0) is 6.42 Å². The first-order chi connectivity index (χ1) is 30.0. The molecule has 2 saturated heterocycles. The standard InChI is InChI=1S/C50H49Cl2N7O2S/c1-29-31(3)62-49-45(29)47(53-30(2)48-55-54-32(4)59(48)49)35-10-16-40(17-11-35)58-27-33(28-58)26-56-20-22-57(23-21-56)39-14-8-34(9-15-39)46-41-18-12-37(50(60)61)24-36(41)6-5-7-43(46)42-19-13-38(51)25-44(42)52/h8-19,24-25,30,33H,5-7,20-23,26-28H2,1-4H3,(H,60,61)/t30-/m0/s1. The lowest BCUT2D eigenvalue weighted by Gasteiger charge is -2.45. The molecule has 5 heterocycles. The second-order valence-electron chi connectivity index (χ2n) is 17.2. The minimum atomic E-state index is -0.910. The summed E-state index contributed by atoms with van der Waals surface area (Å²) in [5.41, 5.74) is 13.9. The second-order valence-corrected chi connectivity index (χ2v) is 19.3. The summed E-state index contributed by atoms with van der Waals surface area (Å²) in [6.07, 6.45) is 2.51. The molecule has 62 heavy (non-hydrogen) atoms. The summed E-state index contributed by atoms with van der Waals surface area (Å²) in [6, 6.07) is 29.1. The van der Waals surface area contributed by atoms with Crippen molar-refractivity contribution in [1.29, 1.82) is 0 Å². The van der Waals surface area contributed by atoms with Crippen LogP contribution in [0.15, 0.2) is 89.9 Å². The number of carboxylic acids is 1. The average Bonchev–Trinajstić information content (AvgIpc) is 3.66. The molecule has 0 radical (unpaired) electrons. The molecule has 10 rings (SSSR count). The van der Waals surface area contributed by atoms with Gasteiger partial charge in [-0.3, -0.25) is 14.5 Å². The third-order valence-corrected chi connectivity index (χ3v) is 15.0. The number of anilines is 2. The predicted molar refractivity (Wildman–Crippen MR) is 253 cm³/mol. The van der Waals surface area contributed by atoms with Crippen LogP contribution in [0.5, 0.6) is 0 Å². The highest BCUT2D eigenvalue weighted by Gasteiger charge is 2.32. The number of hydrogen-bond donors (Lipinski definition) is 1. The molecule has 12 heteroatoms. The first kappa shape index (κ1) is 40.8. The van der Waals surface area contributed by atoms with E-state index >= 15 is 0 Å². The number of halogens is 2. The zero-order valence-electron chi connectivity index (χ0n) is 35.5. The van der Waals surface area contributed by atoms with Crippen LogP contribution in [0, 0.1) is 26.7 Å². The Morgan fingerprint density at radius 3 is 2.21 bits per heavy atom. The number of hydrogen-bond acceptors (Lipinski definition) is 8. The number of aromatic nitrogens is 3. The SMILES string of the molecule is Cc1sc2c(c1C)C(c1ccc(N3CC(CN4CCN(c5ccc(C6=C(c7ccc(Cl)cc7Cl)CCCc7cc(C(=O)O)ccc76)cc5)CC4)C3)cc1)=N[C@@H](C)c1nnc(C)n1-2. The first-order valence-electron chi connectivity index (χ1n) is 21.6. The molecular formula is C50H49Cl2N7O2S. The van der Waals surface area contributed by atoms with Gasteiger partial charge in [0, 0.05) is 89.2 Å². The van der Waals surface area contributed by atoms with Crippen LogP contribution in [0.25, 0.3) is 16.1 Å². The lowest BCUT2D eigenvalue weighted by atomic mass is 9.87. The number of benzene rings is 4. The van der Waals surface area contributed by atoms with Crippen LogP contribution in [0.2, 0.25) is 10.0 Å². The van der Waals surface area contributed by atoms with Crippen molar-refractivity contribution in [3.63, 3.8) is 0 Å². The van der Waals surface area contributed by atoms with E-state index in [2.05, 4.69) is 98.8 Å². The first-order valence-corrected chi connectivity index (χ1v) is 23.2. The summed E-state index contributed by atoms with van der Waals surface area (Å²) in [6.45, 7) is 15.8. The zero-order valence-corrected chi connectivity index (χ0v) is 37.8. The maximum absolute atomic E-state index is 11.9. The molecule has 1 atom stereocenters. The number of allylic oxidation sites excluding steroid dienone is 1. The summed E-state index contributed by atoms with van der Waals surface area (Å²) < 4.78 is 2.20. The molecule has 2 fully saturated rings. The molecule has 9 nitrogen and oxygen atoms in total. The Labute approximate surface area is 377 Å². The fraction of sp³-hybridized carbons (Fsp3) is 0.320. The third kappa shape index (κ3) is 7.44. The molecule has 0 spiro atoms. The normalized spacial score (nSPS) is 18.1. The van der Waals surface area contributed by atoms with E-state index in [1.165, 1.54) is 32.4 Å². The van der Waals surface area contributed by atoms with Crippen molar-refractivity contribution in [3.05, 3.63) is 156 Å². The number of aryl methyl sites for hydroxylation is 3. The van der Waals surface area contributed by atoms with Gasteiger partial charge >= 0.3 is 5.97 Å². The van der Waals surface area contributed by atoms with Crippen LogP contribution in [0.1, 0.15) is 91.6 Å². The smallest absolute Gasteiger partial charge is 0.335 e. The highest BCUT2D eigenvalue weighted by atomic mass is 35.5. The van der Waals surface area contributed by atoms with E-state index in [1.54, 1.807) is 23.5 Å². The largest absolute Gasteiger partial charge is 0.478 e. The van der Waals surface area contributed by atoms with E-state index in [9.17, 15) is 9.90 Å². The summed E-state index contributed by atoms with van der Waals surface area (Å²) in [5.74, 6) is 1.53. The van der Waals surface area contributed by atoms with Crippen molar-refractivity contribution in [2.45, 2.75) is 53.0 Å². The average molecular weight is 883 g/mol. The molecule has 6 aromatic rings. The van der Waals surface area contributed by atoms with Crippen molar-refractivity contribution in [1.82, 2.24) is 19.7 Å². The van der Waals surface area contributed by atoms with Crippen molar-refractivity contribution in [2.24, 2.45) is 10.9 Å². The second kappa shape index (κ2) is 16.5. The Kier molecular flexibility index (Phi) is 10.8. The topological polar surface area (TPSA) is 90.1 Å². The number of carbonyl (C=O) groups is 1. The number of carboxylic acid groups (broad SMARTS) is 1. The molecule has 2 aromatic heterocycles. The van der Waals surface area contributed by atoms with E-state index in [0.29, 0.717) is 21.5 Å². The molecule has 0 amide bonds.